The summed E-state index contributed by atoms with van der Waals surface area (Å²) in [6.07, 6.45) is 0. The smallest absolute Gasteiger partial charge is 0.0722 e. The van der Waals surface area contributed by atoms with Gasteiger partial charge in [0.25, 0.3) is 0 Å². The van der Waals surface area contributed by atoms with Crippen molar-refractivity contribution >= 4 is 22.7 Å². The topological polar surface area (TPSA) is 0 Å². The molecule has 0 nitrogen and oxygen atoms in total. The highest BCUT2D eigenvalue weighted by Gasteiger charge is 2.52. The Morgan fingerprint density at radius 2 is 0.625 bits per heavy atom. The van der Waals surface area contributed by atoms with E-state index in [4.69, 9.17) is 0 Å². The maximum absolute atomic E-state index is 2.58. The van der Waals surface area contributed by atoms with Crippen molar-refractivity contribution in [3.63, 3.8) is 0 Å². The molecule has 238 valence electrons. The summed E-state index contributed by atoms with van der Waals surface area (Å²) in [4.78, 5) is 5.50. The largest absolute Gasteiger partial charge is 0.140 e. The molecule has 0 unspecified atom stereocenters. The molecule has 5 aromatic carbocycles. The van der Waals surface area contributed by atoms with Gasteiger partial charge in [-0.05, 0) is 93.7 Å². The van der Waals surface area contributed by atoms with E-state index in [1.807, 2.05) is 50.4 Å². The van der Waals surface area contributed by atoms with Crippen LogP contribution >= 0.6 is 22.7 Å². The summed E-state index contributed by atoms with van der Waals surface area (Å²) in [7, 11) is 0. The van der Waals surface area contributed by atoms with Crippen LogP contribution in [0.25, 0.3) is 20.9 Å². The summed E-state index contributed by atoms with van der Waals surface area (Å²) in [6, 6.07) is 54.8. The van der Waals surface area contributed by atoms with Crippen molar-refractivity contribution in [3.05, 3.63) is 200 Å². The second-order valence-electron chi connectivity index (χ2n) is 12.1. The average Bonchev–Trinajstić information content (AvgIpc) is 3.87. The Hall–Kier alpha value is -4.50. The van der Waals surface area contributed by atoms with E-state index in [1.165, 1.54) is 75.1 Å². The van der Waals surface area contributed by atoms with Gasteiger partial charge in [-0.3, -0.25) is 0 Å². The van der Waals surface area contributed by atoms with Crippen molar-refractivity contribution in [2.24, 2.45) is 0 Å². The van der Waals surface area contributed by atoms with Crippen LogP contribution < -0.4 is 0 Å². The molecule has 0 saturated carbocycles. The molecule has 2 heterocycles. The SMILES string of the molecule is CC.CC.Cc1cc2c(s1)-c1cc3c(cc1C2(c1ccccc1)c1ccccc1)-c1sc(C)cc1C3(c1ccccc1)c1ccccc1. The van der Waals surface area contributed by atoms with Gasteiger partial charge in [0.15, 0.2) is 0 Å². The standard InChI is InChI=1S/C42H30S2.2C2H6/c1-27-23-37-39(43-27)33-25-36-34(26-35(33)41(37,29-15-7-3-8-16-29)30-17-9-4-10-18-30)40-38(24-28(2)44-40)42(36,31-19-11-5-12-20-31)32-21-13-6-14-22-32;2*1-2/h3-26H,1-2H3;2*1-2H3. The van der Waals surface area contributed by atoms with Crippen molar-refractivity contribution in [2.45, 2.75) is 52.4 Å². The minimum Gasteiger partial charge on any atom is -0.140 e. The van der Waals surface area contributed by atoms with E-state index in [1.54, 1.807) is 0 Å². The quantitative estimate of drug-likeness (QED) is 0.177. The minimum absolute atomic E-state index is 0.385. The summed E-state index contributed by atoms with van der Waals surface area (Å²) < 4.78 is 0. The second-order valence-corrected chi connectivity index (χ2v) is 14.6. The fourth-order valence-electron chi connectivity index (χ4n) is 8.20. The van der Waals surface area contributed by atoms with Crippen LogP contribution in [-0.4, -0.2) is 0 Å². The summed E-state index contributed by atoms with van der Waals surface area (Å²) in [5.41, 5.74) is 12.8. The van der Waals surface area contributed by atoms with Gasteiger partial charge in [-0.2, -0.15) is 0 Å². The molecule has 0 saturated heterocycles. The molecule has 2 aliphatic rings. The number of rotatable bonds is 4. The van der Waals surface area contributed by atoms with E-state index in [2.05, 4.69) is 159 Å². The fourth-order valence-corrected chi connectivity index (χ4v) is 10.4. The van der Waals surface area contributed by atoms with Gasteiger partial charge < -0.3 is 0 Å². The number of hydrogen-bond acceptors (Lipinski definition) is 2. The predicted molar refractivity (Wildman–Crippen MR) is 209 cm³/mol. The molecule has 0 radical (unpaired) electrons. The Morgan fingerprint density at radius 1 is 0.354 bits per heavy atom. The molecule has 2 aliphatic carbocycles. The molecule has 7 aromatic rings. The minimum atomic E-state index is -0.385. The van der Waals surface area contributed by atoms with Gasteiger partial charge >= 0.3 is 0 Å². The molecule has 48 heavy (non-hydrogen) atoms. The molecule has 2 aromatic heterocycles. The van der Waals surface area contributed by atoms with Gasteiger partial charge in [0, 0.05) is 19.5 Å². The first-order chi connectivity index (χ1) is 23.6. The Balaban J connectivity index is 0.000000880. The van der Waals surface area contributed by atoms with E-state index >= 15 is 0 Å². The maximum Gasteiger partial charge on any atom is 0.0722 e. The monoisotopic (exact) mass is 658 g/mol. The van der Waals surface area contributed by atoms with Crippen LogP contribution in [0, 0.1) is 13.8 Å². The van der Waals surface area contributed by atoms with Crippen LogP contribution in [0.2, 0.25) is 0 Å². The lowest BCUT2D eigenvalue weighted by Crippen LogP contribution is -2.29. The first kappa shape index (κ1) is 32.1. The number of thiophene rings is 2. The zero-order valence-corrected chi connectivity index (χ0v) is 30.3. The maximum atomic E-state index is 2.58. The summed E-state index contributed by atoms with van der Waals surface area (Å²) >= 11 is 3.88. The molecule has 0 N–H and O–H groups in total. The van der Waals surface area contributed by atoms with Gasteiger partial charge in [-0.15, -0.1) is 22.7 Å². The predicted octanol–water partition coefficient (Wildman–Crippen LogP) is 13.2. The van der Waals surface area contributed by atoms with Crippen LogP contribution in [-0.2, 0) is 10.8 Å². The molecule has 0 aliphatic heterocycles. The molecule has 0 fully saturated rings. The van der Waals surface area contributed by atoms with Crippen molar-refractivity contribution < 1.29 is 0 Å². The van der Waals surface area contributed by atoms with Crippen LogP contribution in [0.3, 0.4) is 0 Å². The van der Waals surface area contributed by atoms with Crippen LogP contribution in [0.1, 0.15) is 82.0 Å². The molecule has 0 bridgehead atoms. The van der Waals surface area contributed by atoms with E-state index in [0.717, 1.165) is 0 Å². The van der Waals surface area contributed by atoms with Crippen molar-refractivity contribution in [3.8, 4) is 20.9 Å². The summed E-state index contributed by atoms with van der Waals surface area (Å²) in [5, 5.41) is 0. The zero-order chi connectivity index (χ0) is 33.5. The molecule has 0 amide bonds. The Labute approximate surface area is 294 Å². The Morgan fingerprint density at radius 3 is 0.896 bits per heavy atom. The molecule has 9 rings (SSSR count). The average molecular weight is 659 g/mol. The third kappa shape index (κ3) is 4.46. The van der Waals surface area contributed by atoms with E-state index in [-0.39, 0.29) is 10.8 Å². The molecule has 0 atom stereocenters. The molecular formula is C46H42S2. The first-order valence-electron chi connectivity index (χ1n) is 17.3. The zero-order valence-electron chi connectivity index (χ0n) is 28.7. The van der Waals surface area contributed by atoms with Gasteiger partial charge in [-0.25, -0.2) is 0 Å². The van der Waals surface area contributed by atoms with Gasteiger partial charge in [0.2, 0.25) is 0 Å². The van der Waals surface area contributed by atoms with E-state index in [9.17, 15) is 0 Å². The highest BCUT2D eigenvalue weighted by Crippen LogP contribution is 2.64. The number of benzene rings is 5. The summed E-state index contributed by atoms with van der Waals surface area (Å²) in [6.45, 7) is 12.5. The van der Waals surface area contributed by atoms with Gasteiger partial charge in [0.05, 0.1) is 10.8 Å². The highest BCUT2D eigenvalue weighted by molar-refractivity contribution is 7.16. The van der Waals surface area contributed by atoms with Crippen LogP contribution in [0.15, 0.2) is 146 Å². The third-order valence-electron chi connectivity index (χ3n) is 9.80. The van der Waals surface area contributed by atoms with Crippen LogP contribution in [0.5, 0.6) is 0 Å². The number of hydrogen-bond donors (Lipinski definition) is 0. The number of fused-ring (bicyclic) bond motifs is 6. The second kappa shape index (κ2) is 12.8. The Bertz CT molecular complexity index is 1930. The lowest BCUT2D eigenvalue weighted by atomic mass is 9.66. The van der Waals surface area contributed by atoms with Crippen LogP contribution in [0.4, 0.5) is 0 Å². The lowest BCUT2D eigenvalue weighted by Gasteiger charge is -2.35. The van der Waals surface area contributed by atoms with Crippen molar-refractivity contribution in [1.29, 1.82) is 0 Å². The van der Waals surface area contributed by atoms with Crippen molar-refractivity contribution in [1.82, 2.24) is 0 Å². The Kier molecular flexibility index (Phi) is 8.58. The number of aryl methyl sites for hydroxylation is 2. The third-order valence-corrected chi connectivity index (χ3v) is 12.0. The molecule has 0 spiro atoms. The first-order valence-corrected chi connectivity index (χ1v) is 18.9. The normalized spacial score (nSPS) is 14.0. The van der Waals surface area contributed by atoms with E-state index < -0.39 is 0 Å². The van der Waals surface area contributed by atoms with Crippen molar-refractivity contribution in [2.75, 3.05) is 0 Å². The highest BCUT2D eigenvalue weighted by atomic mass is 32.1. The fraction of sp³-hybridized carbons (Fsp3) is 0.174. The summed E-state index contributed by atoms with van der Waals surface area (Å²) in [5.74, 6) is 0. The molecule has 2 heteroatoms. The molecular weight excluding hydrogens is 617 g/mol. The van der Waals surface area contributed by atoms with Gasteiger partial charge in [0.1, 0.15) is 0 Å². The van der Waals surface area contributed by atoms with E-state index in [0.29, 0.717) is 0 Å². The lowest BCUT2D eigenvalue weighted by molar-refractivity contribution is 0.759. The van der Waals surface area contributed by atoms with Gasteiger partial charge in [-0.1, -0.05) is 149 Å².